The molecule has 138 valence electrons. The molecule has 2 aliphatic rings. The van der Waals surface area contributed by atoms with Gasteiger partial charge < -0.3 is 24.2 Å². The standard InChI is InChI=1S/C18H31NO5/c1-18(2,3)14-12-15(17(21)19-6-10-22-11-7-19)24-16(13-14)23-9-5-4-8-20/h12,14,16,20H,4-11,13H2,1-3H3/t14-,16+/m0/s1. The fourth-order valence-corrected chi connectivity index (χ4v) is 2.87. The highest BCUT2D eigenvalue weighted by Crippen LogP contribution is 2.36. The molecule has 2 aliphatic heterocycles. The van der Waals surface area contributed by atoms with Crippen molar-refractivity contribution in [3.05, 3.63) is 11.8 Å². The third-order valence-corrected chi connectivity index (χ3v) is 4.54. The average Bonchev–Trinajstić information content (AvgIpc) is 2.58. The van der Waals surface area contributed by atoms with E-state index in [1.165, 1.54) is 0 Å². The van der Waals surface area contributed by atoms with Crippen LogP contribution in [0.1, 0.15) is 40.0 Å². The van der Waals surface area contributed by atoms with E-state index in [0.29, 0.717) is 45.1 Å². The monoisotopic (exact) mass is 341 g/mol. The van der Waals surface area contributed by atoms with E-state index in [4.69, 9.17) is 19.3 Å². The van der Waals surface area contributed by atoms with Crippen molar-refractivity contribution in [1.82, 2.24) is 4.90 Å². The van der Waals surface area contributed by atoms with Gasteiger partial charge in [0.05, 0.1) is 19.8 Å². The SMILES string of the molecule is CC(C)(C)[C@H]1C=C(C(=O)N2CCOCC2)O[C@@H](OCCCCO)C1. The number of ether oxygens (including phenoxy) is 3. The smallest absolute Gasteiger partial charge is 0.288 e. The van der Waals surface area contributed by atoms with Gasteiger partial charge in [-0.25, -0.2) is 0 Å². The predicted molar refractivity (Wildman–Crippen MR) is 90.2 cm³/mol. The molecule has 0 radical (unpaired) electrons. The molecule has 0 saturated carbocycles. The van der Waals surface area contributed by atoms with Gasteiger partial charge in [-0.15, -0.1) is 0 Å². The number of morpholine rings is 1. The summed E-state index contributed by atoms with van der Waals surface area (Å²) in [6.45, 7) is 9.54. The fraction of sp³-hybridized carbons (Fsp3) is 0.833. The Labute approximate surface area is 144 Å². The number of rotatable bonds is 6. The van der Waals surface area contributed by atoms with Crippen molar-refractivity contribution < 1.29 is 24.1 Å². The molecule has 6 nitrogen and oxygen atoms in total. The Balaban J connectivity index is 2.03. The van der Waals surface area contributed by atoms with Crippen LogP contribution in [0, 0.1) is 11.3 Å². The van der Waals surface area contributed by atoms with Crippen LogP contribution < -0.4 is 0 Å². The number of aliphatic hydroxyl groups is 1. The Hall–Kier alpha value is -1.11. The molecule has 2 atom stereocenters. The van der Waals surface area contributed by atoms with Gasteiger partial charge in [-0.3, -0.25) is 4.79 Å². The van der Waals surface area contributed by atoms with Crippen molar-refractivity contribution in [3.8, 4) is 0 Å². The van der Waals surface area contributed by atoms with Gasteiger partial charge in [0.15, 0.2) is 5.76 Å². The van der Waals surface area contributed by atoms with Crippen LogP contribution in [-0.2, 0) is 19.0 Å². The molecule has 1 saturated heterocycles. The number of hydrogen-bond acceptors (Lipinski definition) is 5. The van der Waals surface area contributed by atoms with Crippen molar-refractivity contribution in [2.24, 2.45) is 11.3 Å². The quantitative estimate of drug-likeness (QED) is 0.748. The summed E-state index contributed by atoms with van der Waals surface area (Å²) in [6.07, 6.45) is 3.80. The Morgan fingerprint density at radius 2 is 2.04 bits per heavy atom. The van der Waals surface area contributed by atoms with E-state index >= 15 is 0 Å². The van der Waals surface area contributed by atoms with E-state index < -0.39 is 6.29 Å². The lowest BCUT2D eigenvalue weighted by Crippen LogP contribution is -2.44. The molecular formula is C18H31NO5. The molecule has 0 aromatic carbocycles. The summed E-state index contributed by atoms with van der Waals surface area (Å²) in [5.41, 5.74) is 0.0347. The van der Waals surface area contributed by atoms with Gasteiger partial charge in [0.2, 0.25) is 6.29 Å². The highest BCUT2D eigenvalue weighted by molar-refractivity contribution is 5.91. The minimum Gasteiger partial charge on any atom is -0.459 e. The number of carbonyl (C=O) groups excluding carboxylic acids is 1. The lowest BCUT2D eigenvalue weighted by atomic mass is 9.77. The zero-order valence-corrected chi connectivity index (χ0v) is 15.1. The Bertz CT molecular complexity index is 437. The maximum atomic E-state index is 12.7. The molecule has 24 heavy (non-hydrogen) atoms. The summed E-state index contributed by atoms with van der Waals surface area (Å²) in [6, 6.07) is 0. The number of nitrogens with zero attached hydrogens (tertiary/aromatic N) is 1. The van der Waals surface area contributed by atoms with Crippen LogP contribution in [0.15, 0.2) is 11.8 Å². The highest BCUT2D eigenvalue weighted by Gasteiger charge is 2.35. The largest absolute Gasteiger partial charge is 0.459 e. The lowest BCUT2D eigenvalue weighted by molar-refractivity contribution is -0.160. The normalized spacial score (nSPS) is 25.2. The van der Waals surface area contributed by atoms with E-state index in [0.717, 1.165) is 12.8 Å². The van der Waals surface area contributed by atoms with E-state index in [-0.39, 0.29) is 23.8 Å². The summed E-state index contributed by atoms with van der Waals surface area (Å²) in [5, 5.41) is 8.85. The molecule has 0 spiro atoms. The van der Waals surface area contributed by atoms with Gasteiger partial charge in [0.25, 0.3) is 5.91 Å². The van der Waals surface area contributed by atoms with Crippen LogP contribution in [0.4, 0.5) is 0 Å². The third-order valence-electron chi connectivity index (χ3n) is 4.54. The number of unbranched alkanes of at least 4 members (excludes halogenated alkanes) is 1. The first-order valence-corrected chi connectivity index (χ1v) is 8.90. The van der Waals surface area contributed by atoms with Crippen LogP contribution in [0.3, 0.4) is 0 Å². The minimum atomic E-state index is -0.405. The molecule has 1 N–H and O–H groups in total. The van der Waals surface area contributed by atoms with E-state index in [1.807, 2.05) is 6.08 Å². The molecular weight excluding hydrogens is 310 g/mol. The predicted octanol–water partition coefficient (Wildman–Crippen LogP) is 1.93. The van der Waals surface area contributed by atoms with Gasteiger partial charge >= 0.3 is 0 Å². The zero-order valence-electron chi connectivity index (χ0n) is 15.1. The van der Waals surface area contributed by atoms with Crippen molar-refractivity contribution in [2.75, 3.05) is 39.5 Å². The molecule has 2 heterocycles. The molecule has 0 aromatic heterocycles. The third kappa shape index (κ3) is 5.46. The topological polar surface area (TPSA) is 68.2 Å². The summed E-state index contributed by atoms with van der Waals surface area (Å²) < 4.78 is 17.0. The summed E-state index contributed by atoms with van der Waals surface area (Å²) in [4.78, 5) is 14.5. The second kappa shape index (κ2) is 8.83. The summed E-state index contributed by atoms with van der Waals surface area (Å²) >= 11 is 0. The molecule has 0 aliphatic carbocycles. The molecule has 0 aromatic rings. The number of amides is 1. The van der Waals surface area contributed by atoms with Gasteiger partial charge in [0.1, 0.15) is 0 Å². The van der Waals surface area contributed by atoms with Crippen LogP contribution in [0.5, 0.6) is 0 Å². The van der Waals surface area contributed by atoms with Crippen molar-refractivity contribution in [3.63, 3.8) is 0 Å². The molecule has 6 heteroatoms. The Morgan fingerprint density at radius 1 is 1.33 bits per heavy atom. The number of carbonyl (C=O) groups is 1. The minimum absolute atomic E-state index is 0.0347. The highest BCUT2D eigenvalue weighted by atomic mass is 16.7. The van der Waals surface area contributed by atoms with E-state index in [2.05, 4.69) is 20.8 Å². The first-order chi connectivity index (χ1) is 11.4. The Morgan fingerprint density at radius 3 is 2.67 bits per heavy atom. The van der Waals surface area contributed by atoms with Crippen LogP contribution in [-0.4, -0.2) is 61.7 Å². The molecule has 2 rings (SSSR count). The zero-order chi connectivity index (χ0) is 17.6. The van der Waals surface area contributed by atoms with Gasteiger partial charge in [-0.2, -0.15) is 0 Å². The average molecular weight is 341 g/mol. The van der Waals surface area contributed by atoms with Crippen molar-refractivity contribution >= 4 is 5.91 Å². The maximum absolute atomic E-state index is 12.7. The lowest BCUT2D eigenvalue weighted by Gasteiger charge is -2.37. The van der Waals surface area contributed by atoms with Gasteiger partial charge in [0, 0.05) is 26.1 Å². The maximum Gasteiger partial charge on any atom is 0.288 e. The molecule has 0 bridgehead atoms. The van der Waals surface area contributed by atoms with Crippen molar-refractivity contribution in [1.29, 1.82) is 0 Å². The van der Waals surface area contributed by atoms with E-state index in [9.17, 15) is 4.79 Å². The van der Waals surface area contributed by atoms with Crippen LogP contribution >= 0.6 is 0 Å². The number of hydrogen-bond donors (Lipinski definition) is 1. The fourth-order valence-electron chi connectivity index (χ4n) is 2.87. The first kappa shape index (κ1) is 19.2. The first-order valence-electron chi connectivity index (χ1n) is 8.90. The summed E-state index contributed by atoms with van der Waals surface area (Å²) in [5.74, 6) is 0.542. The van der Waals surface area contributed by atoms with Crippen molar-refractivity contribution in [2.45, 2.75) is 46.3 Å². The molecule has 1 fully saturated rings. The second-order valence-electron chi connectivity index (χ2n) is 7.49. The van der Waals surface area contributed by atoms with Crippen LogP contribution in [0.2, 0.25) is 0 Å². The van der Waals surface area contributed by atoms with Crippen LogP contribution in [0.25, 0.3) is 0 Å². The molecule has 0 unspecified atom stereocenters. The van der Waals surface area contributed by atoms with Gasteiger partial charge in [-0.05, 0) is 30.3 Å². The Kier molecular flexibility index (Phi) is 7.07. The molecule has 1 amide bonds. The number of allylic oxidation sites excluding steroid dienone is 1. The van der Waals surface area contributed by atoms with E-state index in [1.54, 1.807) is 4.90 Å². The van der Waals surface area contributed by atoms with Gasteiger partial charge in [-0.1, -0.05) is 20.8 Å². The number of aliphatic hydroxyl groups excluding tert-OH is 1. The second-order valence-corrected chi connectivity index (χ2v) is 7.49. The summed E-state index contributed by atoms with van der Waals surface area (Å²) in [7, 11) is 0.